The van der Waals surface area contributed by atoms with E-state index in [0.29, 0.717) is 17.9 Å². The molecule has 0 radical (unpaired) electrons. The molecule has 2 amide bonds. The minimum atomic E-state index is -0.486. The number of carbonyl (C=O) groups is 2. The molecule has 1 saturated heterocycles. The van der Waals surface area contributed by atoms with Crippen LogP contribution in [0.25, 0.3) is 0 Å². The van der Waals surface area contributed by atoms with Gasteiger partial charge >= 0.3 is 6.09 Å². The zero-order chi connectivity index (χ0) is 15.9. The normalized spacial score (nSPS) is 15.5. The van der Waals surface area contributed by atoms with Gasteiger partial charge in [0.1, 0.15) is 0 Å². The van der Waals surface area contributed by atoms with Crippen molar-refractivity contribution in [2.75, 3.05) is 39.8 Å². The fraction of sp³-hybridized carbons (Fsp3) is 0.533. The second-order valence-electron chi connectivity index (χ2n) is 5.21. The summed E-state index contributed by atoms with van der Waals surface area (Å²) in [6, 6.07) is 3.42. The molecule has 0 aliphatic carbocycles. The topological polar surface area (TPSA) is 74.8 Å². The zero-order valence-electron chi connectivity index (χ0n) is 13.0. The molecule has 1 aliphatic heterocycles. The van der Waals surface area contributed by atoms with Gasteiger partial charge in [-0.3, -0.25) is 9.78 Å². The maximum absolute atomic E-state index is 12.5. The average molecular weight is 306 g/mol. The Balaban J connectivity index is 1.95. The van der Waals surface area contributed by atoms with Crippen LogP contribution in [0.3, 0.4) is 0 Å². The molecule has 0 atom stereocenters. The lowest BCUT2D eigenvalue weighted by atomic mass is 10.2. The van der Waals surface area contributed by atoms with Crippen molar-refractivity contribution in [3.05, 3.63) is 29.6 Å². The lowest BCUT2D eigenvalue weighted by Gasteiger charge is -2.32. The molecule has 7 nitrogen and oxygen atoms in total. The maximum atomic E-state index is 12.5. The summed E-state index contributed by atoms with van der Waals surface area (Å²) >= 11 is 0. The number of rotatable bonds is 4. The molecule has 0 unspecified atom stereocenters. The standard InChI is InChI=1S/C15H22N4O3/c1-3-22-15(21)17-11-13-10-12(4-5-16-13)14(20)19-8-6-18(2)7-9-19/h4-5,10H,3,6-9,11H2,1-2H3,(H,17,21). The molecule has 1 aliphatic rings. The third-order valence-electron chi connectivity index (χ3n) is 3.54. The van der Waals surface area contributed by atoms with Crippen molar-refractivity contribution in [2.45, 2.75) is 13.5 Å². The lowest BCUT2D eigenvalue weighted by Crippen LogP contribution is -2.47. The predicted octanol–water partition coefficient (Wildman–Crippen LogP) is 0.715. The van der Waals surface area contributed by atoms with Crippen LogP contribution in [0.1, 0.15) is 23.0 Å². The SMILES string of the molecule is CCOC(=O)NCc1cc(C(=O)N2CCN(C)CC2)ccn1. The minimum absolute atomic E-state index is 0.00730. The minimum Gasteiger partial charge on any atom is -0.450 e. The van der Waals surface area contributed by atoms with Crippen molar-refractivity contribution in [1.82, 2.24) is 20.1 Å². The van der Waals surface area contributed by atoms with Crippen LogP contribution in [0.15, 0.2) is 18.3 Å². The monoisotopic (exact) mass is 306 g/mol. The summed E-state index contributed by atoms with van der Waals surface area (Å²) < 4.78 is 4.79. The van der Waals surface area contributed by atoms with Crippen molar-refractivity contribution in [3.8, 4) is 0 Å². The van der Waals surface area contributed by atoms with Gasteiger partial charge in [0.05, 0.1) is 18.8 Å². The predicted molar refractivity (Wildman–Crippen MR) is 81.5 cm³/mol. The second kappa shape index (κ2) is 7.74. The molecule has 1 aromatic heterocycles. The molecular weight excluding hydrogens is 284 g/mol. The summed E-state index contributed by atoms with van der Waals surface area (Å²) in [7, 11) is 2.05. The van der Waals surface area contributed by atoms with Crippen LogP contribution < -0.4 is 5.32 Å². The number of carbonyl (C=O) groups excluding carboxylic acids is 2. The Morgan fingerprint density at radius 1 is 1.32 bits per heavy atom. The van der Waals surface area contributed by atoms with Crippen molar-refractivity contribution in [1.29, 1.82) is 0 Å². The summed E-state index contributed by atoms with van der Waals surface area (Å²) in [5, 5.41) is 2.60. The number of hydrogen-bond acceptors (Lipinski definition) is 5. The maximum Gasteiger partial charge on any atom is 0.407 e. The van der Waals surface area contributed by atoms with Crippen LogP contribution in [-0.4, -0.2) is 66.6 Å². The van der Waals surface area contributed by atoms with Crippen LogP contribution in [0, 0.1) is 0 Å². The van der Waals surface area contributed by atoms with Gasteiger partial charge in [0.2, 0.25) is 0 Å². The van der Waals surface area contributed by atoms with Crippen LogP contribution in [0.2, 0.25) is 0 Å². The van der Waals surface area contributed by atoms with Gasteiger partial charge in [-0.1, -0.05) is 0 Å². The van der Waals surface area contributed by atoms with Gasteiger partial charge in [-0.05, 0) is 26.1 Å². The number of nitrogens with one attached hydrogen (secondary N) is 1. The highest BCUT2D eigenvalue weighted by Crippen LogP contribution is 2.09. The van der Waals surface area contributed by atoms with E-state index in [9.17, 15) is 9.59 Å². The first-order valence-electron chi connectivity index (χ1n) is 7.43. The molecular formula is C15H22N4O3. The van der Waals surface area contributed by atoms with E-state index in [2.05, 4.69) is 15.2 Å². The van der Waals surface area contributed by atoms with E-state index in [1.165, 1.54) is 0 Å². The zero-order valence-corrected chi connectivity index (χ0v) is 13.0. The number of hydrogen-bond donors (Lipinski definition) is 1. The first kappa shape index (κ1) is 16.2. The Labute approximate surface area is 130 Å². The Morgan fingerprint density at radius 3 is 2.73 bits per heavy atom. The number of piperazine rings is 1. The molecule has 1 N–H and O–H groups in total. The quantitative estimate of drug-likeness (QED) is 0.887. The summed E-state index contributed by atoms with van der Waals surface area (Å²) in [6.45, 7) is 5.53. The largest absolute Gasteiger partial charge is 0.450 e. The van der Waals surface area contributed by atoms with E-state index >= 15 is 0 Å². The molecule has 2 heterocycles. The lowest BCUT2D eigenvalue weighted by molar-refractivity contribution is 0.0664. The highest BCUT2D eigenvalue weighted by molar-refractivity contribution is 5.94. The number of ether oxygens (including phenoxy) is 1. The van der Waals surface area contributed by atoms with Crippen molar-refractivity contribution in [3.63, 3.8) is 0 Å². The van der Waals surface area contributed by atoms with Gasteiger partial charge in [-0.2, -0.15) is 0 Å². The van der Waals surface area contributed by atoms with Gasteiger partial charge in [-0.15, -0.1) is 0 Å². The van der Waals surface area contributed by atoms with E-state index in [0.717, 1.165) is 26.2 Å². The number of aromatic nitrogens is 1. The first-order valence-corrected chi connectivity index (χ1v) is 7.43. The number of pyridine rings is 1. The van der Waals surface area contributed by atoms with Crippen LogP contribution in [0.5, 0.6) is 0 Å². The number of nitrogens with zero attached hydrogens (tertiary/aromatic N) is 3. The molecule has 1 aromatic rings. The third kappa shape index (κ3) is 4.42. The second-order valence-corrected chi connectivity index (χ2v) is 5.21. The fourth-order valence-corrected chi connectivity index (χ4v) is 2.24. The highest BCUT2D eigenvalue weighted by atomic mass is 16.5. The van der Waals surface area contributed by atoms with Gasteiger partial charge in [-0.25, -0.2) is 4.79 Å². The van der Waals surface area contributed by atoms with Crippen molar-refractivity contribution < 1.29 is 14.3 Å². The average Bonchev–Trinajstić information content (AvgIpc) is 2.53. The van der Waals surface area contributed by atoms with E-state index in [1.807, 2.05) is 11.9 Å². The van der Waals surface area contributed by atoms with E-state index in [-0.39, 0.29) is 12.5 Å². The Bertz CT molecular complexity index is 527. The number of likely N-dealkylation sites (N-methyl/N-ethyl adjacent to an activating group) is 1. The Kier molecular flexibility index (Phi) is 5.71. The molecule has 7 heteroatoms. The van der Waals surface area contributed by atoms with Gasteiger partial charge in [0, 0.05) is 37.9 Å². The van der Waals surface area contributed by atoms with Crippen molar-refractivity contribution in [2.24, 2.45) is 0 Å². The van der Waals surface area contributed by atoms with Gasteiger partial charge in [0.25, 0.3) is 5.91 Å². The molecule has 1 fully saturated rings. The fourth-order valence-electron chi connectivity index (χ4n) is 2.24. The van der Waals surface area contributed by atoms with Crippen LogP contribution in [0.4, 0.5) is 4.79 Å². The smallest absolute Gasteiger partial charge is 0.407 e. The first-order chi connectivity index (χ1) is 10.6. The van der Waals surface area contributed by atoms with Crippen molar-refractivity contribution >= 4 is 12.0 Å². The van der Waals surface area contributed by atoms with Gasteiger partial charge in [0.15, 0.2) is 0 Å². The summed E-state index contributed by atoms with van der Waals surface area (Å²) in [4.78, 5) is 31.9. The van der Waals surface area contributed by atoms with E-state index in [4.69, 9.17) is 4.74 Å². The molecule has 120 valence electrons. The van der Waals surface area contributed by atoms with E-state index in [1.54, 1.807) is 25.3 Å². The Morgan fingerprint density at radius 2 is 2.05 bits per heavy atom. The molecule has 0 spiro atoms. The molecule has 22 heavy (non-hydrogen) atoms. The van der Waals surface area contributed by atoms with Crippen LogP contribution >= 0.6 is 0 Å². The summed E-state index contributed by atoms with van der Waals surface area (Å²) in [5.41, 5.74) is 1.23. The third-order valence-corrected chi connectivity index (χ3v) is 3.54. The van der Waals surface area contributed by atoms with E-state index < -0.39 is 6.09 Å². The summed E-state index contributed by atoms with van der Waals surface area (Å²) in [6.07, 6.45) is 1.10. The summed E-state index contributed by atoms with van der Waals surface area (Å²) in [5.74, 6) is 0.00730. The highest BCUT2D eigenvalue weighted by Gasteiger charge is 2.20. The van der Waals surface area contributed by atoms with Gasteiger partial charge < -0.3 is 19.9 Å². The molecule has 0 saturated carbocycles. The molecule has 0 aromatic carbocycles. The molecule has 2 rings (SSSR count). The number of alkyl carbamates (subject to hydrolysis) is 1. The van der Waals surface area contributed by atoms with Crippen LogP contribution in [-0.2, 0) is 11.3 Å². The number of amides is 2. The molecule has 0 bridgehead atoms. The Hall–Kier alpha value is -2.15.